The van der Waals surface area contributed by atoms with Crippen LogP contribution in [0.2, 0.25) is 0 Å². The first-order valence-electron chi connectivity index (χ1n) is 5.89. The molecule has 5 nitrogen and oxygen atoms in total. The van der Waals surface area contributed by atoms with E-state index in [1.54, 1.807) is 12.1 Å². The van der Waals surface area contributed by atoms with E-state index >= 15 is 0 Å². The fourth-order valence-corrected chi connectivity index (χ4v) is 2.39. The lowest BCUT2D eigenvalue weighted by atomic mass is 10.2. The summed E-state index contributed by atoms with van der Waals surface area (Å²) in [6.07, 6.45) is 0.205. The van der Waals surface area contributed by atoms with E-state index in [0.29, 0.717) is 0 Å². The zero-order chi connectivity index (χ0) is 14.5. The summed E-state index contributed by atoms with van der Waals surface area (Å²) in [5.74, 6) is -0.388. The molecule has 1 aromatic carbocycles. The molecule has 0 bridgehead atoms. The third kappa shape index (κ3) is 5.32. The Bertz CT molecular complexity index is 561. The first-order chi connectivity index (χ1) is 8.81. The molecule has 104 valence electrons. The van der Waals surface area contributed by atoms with Crippen LogP contribution in [0.25, 0.3) is 0 Å². The smallest absolute Gasteiger partial charge is 0.240 e. The van der Waals surface area contributed by atoms with E-state index in [0.717, 1.165) is 5.56 Å². The number of rotatable bonds is 7. The van der Waals surface area contributed by atoms with Gasteiger partial charge in [-0.2, -0.15) is 0 Å². The number of nitrogens with one attached hydrogen (secondary N) is 1. The van der Waals surface area contributed by atoms with Crippen molar-refractivity contribution < 1.29 is 18.0 Å². The highest BCUT2D eigenvalue weighted by Gasteiger charge is 2.15. The zero-order valence-electron chi connectivity index (χ0n) is 11.0. The summed E-state index contributed by atoms with van der Waals surface area (Å²) in [6, 6.07) is 6.34. The highest BCUT2D eigenvalue weighted by molar-refractivity contribution is 7.89. The second-order valence-corrected chi connectivity index (χ2v) is 6.15. The minimum absolute atomic E-state index is 0.0613. The average molecular weight is 283 g/mol. The Morgan fingerprint density at radius 2 is 1.68 bits per heavy atom. The fourth-order valence-electron chi connectivity index (χ4n) is 1.38. The third-order valence-corrected chi connectivity index (χ3v) is 3.96. The van der Waals surface area contributed by atoms with Crippen LogP contribution in [0.4, 0.5) is 0 Å². The van der Waals surface area contributed by atoms with Crippen LogP contribution >= 0.6 is 0 Å². The summed E-state index contributed by atoms with van der Waals surface area (Å²) in [5, 5.41) is 0. The molecule has 0 radical (unpaired) electrons. The number of carbonyl (C=O) groups excluding carboxylic acids is 2. The summed E-state index contributed by atoms with van der Waals surface area (Å²) < 4.78 is 25.9. The number of carbonyl (C=O) groups is 2. The van der Waals surface area contributed by atoms with Gasteiger partial charge in [0.05, 0.1) is 11.4 Å². The van der Waals surface area contributed by atoms with Gasteiger partial charge in [-0.15, -0.1) is 0 Å². The summed E-state index contributed by atoms with van der Waals surface area (Å²) in [5.41, 5.74) is 0.955. The number of hydrogen-bond acceptors (Lipinski definition) is 4. The molecule has 6 heteroatoms. The largest absolute Gasteiger partial charge is 0.300 e. The lowest BCUT2D eigenvalue weighted by Crippen LogP contribution is -2.29. The Balaban J connectivity index is 2.58. The summed E-state index contributed by atoms with van der Waals surface area (Å²) in [4.78, 5) is 22.2. The second-order valence-electron chi connectivity index (χ2n) is 4.38. The minimum atomic E-state index is -3.67. The van der Waals surface area contributed by atoms with Gasteiger partial charge in [0.1, 0.15) is 11.6 Å². The third-order valence-electron chi connectivity index (χ3n) is 2.55. The molecular formula is C13H17NO4S. The van der Waals surface area contributed by atoms with E-state index in [-0.39, 0.29) is 35.8 Å². The number of ketones is 2. The fraction of sp³-hybridized carbons (Fsp3) is 0.385. The second kappa shape index (κ2) is 6.58. The Labute approximate surface area is 113 Å². The van der Waals surface area contributed by atoms with Crippen LogP contribution in [0.1, 0.15) is 25.3 Å². The summed E-state index contributed by atoms with van der Waals surface area (Å²) in [7, 11) is -3.67. The summed E-state index contributed by atoms with van der Waals surface area (Å²) in [6.45, 7) is 2.96. The average Bonchev–Trinajstić information content (AvgIpc) is 2.34. The molecule has 1 N–H and O–H groups in total. The lowest BCUT2D eigenvalue weighted by Gasteiger charge is -2.06. The van der Waals surface area contributed by atoms with E-state index in [1.165, 1.54) is 19.1 Å². The highest BCUT2D eigenvalue weighted by atomic mass is 32.2. The van der Waals surface area contributed by atoms with Gasteiger partial charge in [-0.05, 0) is 26.0 Å². The Morgan fingerprint density at radius 3 is 2.21 bits per heavy atom. The highest BCUT2D eigenvalue weighted by Crippen LogP contribution is 2.09. The van der Waals surface area contributed by atoms with Gasteiger partial charge in [-0.25, -0.2) is 13.1 Å². The number of sulfonamides is 1. The van der Waals surface area contributed by atoms with Crippen molar-refractivity contribution in [3.05, 3.63) is 29.8 Å². The number of benzene rings is 1. The molecule has 0 aliphatic carbocycles. The van der Waals surface area contributed by atoms with E-state index in [1.807, 2.05) is 6.92 Å². The molecule has 0 heterocycles. The maximum absolute atomic E-state index is 11.9. The van der Waals surface area contributed by atoms with Crippen LogP contribution in [-0.2, 0) is 19.6 Å². The van der Waals surface area contributed by atoms with Crippen LogP contribution in [0.5, 0.6) is 0 Å². The quantitative estimate of drug-likeness (QED) is 0.815. The first kappa shape index (κ1) is 15.5. The Kier molecular flexibility index (Phi) is 5.38. The predicted molar refractivity (Wildman–Crippen MR) is 71.3 cm³/mol. The molecule has 0 saturated heterocycles. The van der Waals surface area contributed by atoms with Crippen molar-refractivity contribution in [3.8, 4) is 0 Å². The molecule has 0 aromatic heterocycles. The van der Waals surface area contributed by atoms with Crippen molar-refractivity contribution in [2.75, 3.05) is 6.54 Å². The van der Waals surface area contributed by atoms with Crippen LogP contribution in [0, 0.1) is 6.92 Å². The SMILES string of the molecule is CC(=O)CCC(=O)CNS(=O)(=O)c1ccc(C)cc1. The van der Waals surface area contributed by atoms with Crippen molar-refractivity contribution in [3.63, 3.8) is 0 Å². The maximum atomic E-state index is 11.9. The van der Waals surface area contributed by atoms with Gasteiger partial charge in [0, 0.05) is 12.8 Å². The number of aryl methyl sites for hydroxylation is 1. The van der Waals surface area contributed by atoms with Gasteiger partial charge in [0.2, 0.25) is 10.0 Å². The van der Waals surface area contributed by atoms with E-state index in [4.69, 9.17) is 0 Å². The first-order valence-corrected chi connectivity index (χ1v) is 7.37. The molecule has 0 aliphatic rings. The molecule has 0 fully saturated rings. The van der Waals surface area contributed by atoms with Gasteiger partial charge >= 0.3 is 0 Å². The van der Waals surface area contributed by atoms with E-state index in [9.17, 15) is 18.0 Å². The van der Waals surface area contributed by atoms with Crippen LogP contribution in [0.15, 0.2) is 29.2 Å². The van der Waals surface area contributed by atoms with Crippen molar-refractivity contribution >= 4 is 21.6 Å². The monoisotopic (exact) mass is 283 g/mol. The van der Waals surface area contributed by atoms with Crippen molar-refractivity contribution in [2.24, 2.45) is 0 Å². The van der Waals surface area contributed by atoms with E-state index < -0.39 is 10.0 Å². The number of hydrogen-bond donors (Lipinski definition) is 1. The molecule has 0 amide bonds. The molecular weight excluding hydrogens is 266 g/mol. The molecule has 19 heavy (non-hydrogen) atoms. The molecule has 0 unspecified atom stereocenters. The Hall–Kier alpha value is -1.53. The van der Waals surface area contributed by atoms with E-state index in [2.05, 4.69) is 4.72 Å². The normalized spacial score (nSPS) is 11.3. The van der Waals surface area contributed by atoms with Crippen LogP contribution in [-0.4, -0.2) is 26.5 Å². The number of Topliss-reactive ketones (excluding diaryl/α,β-unsaturated/α-hetero) is 2. The van der Waals surface area contributed by atoms with Gasteiger partial charge in [0.15, 0.2) is 0 Å². The molecule has 0 spiro atoms. The van der Waals surface area contributed by atoms with Crippen LogP contribution in [0.3, 0.4) is 0 Å². The molecule has 1 rings (SSSR count). The topological polar surface area (TPSA) is 80.3 Å². The molecule has 0 atom stereocenters. The zero-order valence-corrected chi connectivity index (χ0v) is 11.8. The van der Waals surface area contributed by atoms with Gasteiger partial charge < -0.3 is 4.79 Å². The lowest BCUT2D eigenvalue weighted by molar-refractivity contribution is -0.122. The Morgan fingerprint density at radius 1 is 1.11 bits per heavy atom. The summed E-state index contributed by atoms with van der Waals surface area (Å²) >= 11 is 0. The molecule has 0 saturated carbocycles. The van der Waals surface area contributed by atoms with Gasteiger partial charge in [-0.1, -0.05) is 17.7 Å². The van der Waals surface area contributed by atoms with Gasteiger partial charge in [0.25, 0.3) is 0 Å². The standard InChI is InChI=1S/C13H17NO4S/c1-10-3-7-13(8-4-10)19(17,18)14-9-12(16)6-5-11(2)15/h3-4,7-8,14H,5-6,9H2,1-2H3. The van der Waals surface area contributed by atoms with Crippen molar-refractivity contribution in [1.82, 2.24) is 4.72 Å². The van der Waals surface area contributed by atoms with Crippen molar-refractivity contribution in [1.29, 1.82) is 0 Å². The minimum Gasteiger partial charge on any atom is -0.300 e. The van der Waals surface area contributed by atoms with Gasteiger partial charge in [-0.3, -0.25) is 4.79 Å². The maximum Gasteiger partial charge on any atom is 0.240 e. The molecule has 1 aromatic rings. The predicted octanol–water partition coefficient (Wildman–Crippen LogP) is 1.21. The van der Waals surface area contributed by atoms with Crippen LogP contribution < -0.4 is 4.72 Å². The molecule has 0 aliphatic heterocycles. The van der Waals surface area contributed by atoms with Crippen molar-refractivity contribution in [2.45, 2.75) is 31.6 Å².